The largest absolute Gasteiger partial charge is 0.394 e. The standard InChI is InChI=1S/C26H26ClFN2O6S2/c1-3-37(33,34)20-7-4-17(5-8-20)23(15-31)29-26(32)19-6-9-24(22(28)14-19)30-11-10-18-13-21(27)16(2)12-25(18)38(30,35)36/h4-9,12-14,23,31H,3,10-11,15H2,1-2H3,(H,29,32)/t23-/m0/s1. The summed E-state index contributed by atoms with van der Waals surface area (Å²) in [5, 5.41) is 12.8. The molecule has 0 saturated carbocycles. The second-order valence-electron chi connectivity index (χ2n) is 8.88. The molecule has 12 heteroatoms. The number of aliphatic hydroxyl groups is 1. The second-order valence-corrected chi connectivity index (χ2v) is 13.4. The number of carbonyl (C=O) groups excluding carboxylic acids is 1. The maximum absolute atomic E-state index is 15.2. The summed E-state index contributed by atoms with van der Waals surface area (Å²) in [4.78, 5) is 13.0. The molecule has 1 aliphatic rings. The molecule has 0 spiro atoms. The number of hydrogen-bond acceptors (Lipinski definition) is 6. The monoisotopic (exact) mass is 580 g/mol. The van der Waals surface area contributed by atoms with Gasteiger partial charge < -0.3 is 10.4 Å². The van der Waals surface area contributed by atoms with Crippen molar-refractivity contribution < 1.29 is 31.1 Å². The van der Waals surface area contributed by atoms with E-state index in [-0.39, 0.29) is 33.3 Å². The summed E-state index contributed by atoms with van der Waals surface area (Å²) in [6.45, 7) is 2.74. The van der Waals surface area contributed by atoms with E-state index in [1.807, 2.05) is 0 Å². The van der Waals surface area contributed by atoms with Gasteiger partial charge in [-0.2, -0.15) is 0 Å². The fraction of sp³-hybridized carbons (Fsp3) is 0.269. The smallest absolute Gasteiger partial charge is 0.264 e. The number of hydrogen-bond donors (Lipinski definition) is 2. The third kappa shape index (κ3) is 5.28. The van der Waals surface area contributed by atoms with Crippen LogP contribution >= 0.6 is 11.6 Å². The van der Waals surface area contributed by atoms with Gasteiger partial charge >= 0.3 is 0 Å². The molecule has 0 unspecified atom stereocenters. The van der Waals surface area contributed by atoms with Gasteiger partial charge in [-0.1, -0.05) is 30.7 Å². The maximum atomic E-state index is 15.2. The molecule has 8 nitrogen and oxygen atoms in total. The molecule has 0 saturated heterocycles. The van der Waals surface area contributed by atoms with Gasteiger partial charge in [-0.25, -0.2) is 21.2 Å². The minimum absolute atomic E-state index is 0.00746. The minimum Gasteiger partial charge on any atom is -0.394 e. The number of carbonyl (C=O) groups is 1. The molecule has 1 atom stereocenters. The SMILES string of the molecule is CCS(=O)(=O)c1ccc([C@H](CO)NC(=O)c2ccc(N3CCc4cc(Cl)c(C)cc4S3(=O)=O)c(F)c2)cc1. The number of nitrogens with zero attached hydrogens (tertiary/aromatic N) is 1. The average Bonchev–Trinajstić information content (AvgIpc) is 2.89. The average molecular weight is 581 g/mol. The number of fused-ring (bicyclic) bond motifs is 1. The Bertz CT molecular complexity index is 1610. The summed E-state index contributed by atoms with van der Waals surface area (Å²) in [5.41, 5.74) is 1.34. The highest BCUT2D eigenvalue weighted by atomic mass is 35.5. The van der Waals surface area contributed by atoms with Crippen LogP contribution in [-0.2, 0) is 26.3 Å². The molecule has 3 aromatic carbocycles. The van der Waals surface area contributed by atoms with Crippen molar-refractivity contribution in [3.63, 3.8) is 0 Å². The normalized spacial score (nSPS) is 15.6. The van der Waals surface area contributed by atoms with E-state index in [4.69, 9.17) is 11.6 Å². The predicted octanol–water partition coefficient (Wildman–Crippen LogP) is 3.80. The Balaban J connectivity index is 1.55. The number of nitrogens with one attached hydrogen (secondary N) is 1. The molecule has 1 aliphatic heterocycles. The van der Waals surface area contributed by atoms with Crippen LogP contribution in [0.5, 0.6) is 0 Å². The van der Waals surface area contributed by atoms with Crippen LogP contribution in [0.4, 0.5) is 10.1 Å². The molecule has 0 bridgehead atoms. The van der Waals surface area contributed by atoms with E-state index in [0.29, 0.717) is 28.1 Å². The molecule has 38 heavy (non-hydrogen) atoms. The Kier molecular flexibility index (Phi) is 7.85. The van der Waals surface area contributed by atoms with Crippen molar-refractivity contribution in [1.82, 2.24) is 5.32 Å². The molecule has 1 amide bonds. The molecule has 0 aliphatic carbocycles. The fourth-order valence-corrected chi connectivity index (χ4v) is 7.11. The van der Waals surface area contributed by atoms with Gasteiger partial charge in [0.25, 0.3) is 15.9 Å². The van der Waals surface area contributed by atoms with E-state index in [9.17, 15) is 26.7 Å². The van der Waals surface area contributed by atoms with Crippen molar-refractivity contribution in [3.8, 4) is 0 Å². The molecule has 0 aromatic heterocycles. The van der Waals surface area contributed by atoms with Crippen LogP contribution in [0.3, 0.4) is 0 Å². The van der Waals surface area contributed by atoms with E-state index < -0.39 is 44.2 Å². The lowest BCUT2D eigenvalue weighted by Crippen LogP contribution is -2.38. The Morgan fingerprint density at radius 3 is 2.45 bits per heavy atom. The summed E-state index contributed by atoms with van der Waals surface area (Å²) in [6, 6.07) is 11.4. The Morgan fingerprint density at radius 2 is 1.84 bits per heavy atom. The van der Waals surface area contributed by atoms with Gasteiger partial charge in [0.2, 0.25) is 0 Å². The fourth-order valence-electron chi connectivity index (χ4n) is 4.24. The lowest BCUT2D eigenvalue weighted by Gasteiger charge is -2.30. The number of sulfonamides is 1. The van der Waals surface area contributed by atoms with E-state index in [0.717, 1.165) is 10.4 Å². The Morgan fingerprint density at radius 1 is 1.16 bits per heavy atom. The number of anilines is 1. The first kappa shape index (κ1) is 28.0. The van der Waals surface area contributed by atoms with Crippen molar-refractivity contribution in [2.24, 2.45) is 0 Å². The first-order chi connectivity index (χ1) is 17.9. The highest BCUT2D eigenvalue weighted by Crippen LogP contribution is 2.35. The molecular weight excluding hydrogens is 555 g/mol. The highest BCUT2D eigenvalue weighted by molar-refractivity contribution is 7.93. The van der Waals surface area contributed by atoms with Crippen molar-refractivity contribution in [1.29, 1.82) is 0 Å². The third-order valence-electron chi connectivity index (χ3n) is 6.48. The van der Waals surface area contributed by atoms with Crippen molar-refractivity contribution in [2.45, 2.75) is 36.1 Å². The van der Waals surface area contributed by atoms with Gasteiger partial charge in [-0.3, -0.25) is 9.10 Å². The van der Waals surface area contributed by atoms with Crippen molar-refractivity contribution >= 4 is 43.1 Å². The van der Waals surface area contributed by atoms with E-state index in [1.165, 1.54) is 49.4 Å². The first-order valence-corrected chi connectivity index (χ1v) is 15.2. The third-order valence-corrected chi connectivity index (χ3v) is 10.5. The van der Waals surface area contributed by atoms with Crippen molar-refractivity contribution in [3.05, 3.63) is 87.7 Å². The van der Waals surface area contributed by atoms with Crippen LogP contribution in [0.15, 0.2) is 64.4 Å². The van der Waals surface area contributed by atoms with Crippen LogP contribution in [0.1, 0.15) is 40.0 Å². The molecule has 1 heterocycles. The lowest BCUT2D eigenvalue weighted by atomic mass is 10.1. The number of halogens is 2. The zero-order chi connectivity index (χ0) is 27.8. The summed E-state index contributed by atoms with van der Waals surface area (Å²) in [7, 11) is -7.45. The zero-order valence-electron chi connectivity index (χ0n) is 20.6. The van der Waals surface area contributed by atoms with Crippen LogP contribution in [0.25, 0.3) is 0 Å². The topological polar surface area (TPSA) is 121 Å². The van der Waals surface area contributed by atoms with E-state index in [2.05, 4.69) is 5.32 Å². The van der Waals surface area contributed by atoms with Gasteiger partial charge in [-0.05, 0) is 72.5 Å². The summed E-state index contributed by atoms with van der Waals surface area (Å²) in [5.74, 6) is -1.66. The Hall–Kier alpha value is -2.99. The minimum atomic E-state index is -4.05. The number of sulfone groups is 1. The molecule has 202 valence electrons. The summed E-state index contributed by atoms with van der Waals surface area (Å²) < 4.78 is 66.7. The van der Waals surface area contributed by atoms with E-state index in [1.54, 1.807) is 13.0 Å². The van der Waals surface area contributed by atoms with Gasteiger partial charge in [0.15, 0.2) is 9.84 Å². The van der Waals surface area contributed by atoms with Gasteiger partial charge in [-0.15, -0.1) is 0 Å². The van der Waals surface area contributed by atoms with Crippen LogP contribution < -0.4 is 9.62 Å². The lowest BCUT2D eigenvalue weighted by molar-refractivity contribution is 0.0915. The van der Waals surface area contributed by atoms with Gasteiger partial charge in [0, 0.05) is 17.1 Å². The summed E-state index contributed by atoms with van der Waals surface area (Å²) in [6.07, 6.45) is 0.340. The number of aryl methyl sites for hydroxylation is 1. The quantitative estimate of drug-likeness (QED) is 0.439. The highest BCUT2D eigenvalue weighted by Gasteiger charge is 2.34. The van der Waals surface area contributed by atoms with Gasteiger partial charge in [0.1, 0.15) is 5.82 Å². The molecule has 0 fully saturated rings. The van der Waals surface area contributed by atoms with Crippen LogP contribution in [-0.4, -0.2) is 46.8 Å². The molecule has 0 radical (unpaired) electrons. The van der Waals surface area contributed by atoms with Crippen molar-refractivity contribution in [2.75, 3.05) is 23.2 Å². The van der Waals surface area contributed by atoms with Crippen LogP contribution in [0, 0.1) is 12.7 Å². The molecule has 3 aromatic rings. The molecular formula is C26H26ClFN2O6S2. The predicted molar refractivity (Wildman–Crippen MR) is 142 cm³/mol. The molecule has 4 rings (SSSR count). The summed E-state index contributed by atoms with van der Waals surface area (Å²) >= 11 is 6.13. The zero-order valence-corrected chi connectivity index (χ0v) is 23.0. The van der Waals surface area contributed by atoms with Gasteiger partial charge in [0.05, 0.1) is 33.9 Å². The maximum Gasteiger partial charge on any atom is 0.264 e. The molecule has 2 N–H and O–H groups in total. The number of amides is 1. The number of aliphatic hydroxyl groups excluding tert-OH is 1. The Labute approximate surface area is 226 Å². The first-order valence-electron chi connectivity index (χ1n) is 11.7. The number of rotatable bonds is 7. The second kappa shape index (κ2) is 10.6. The number of benzene rings is 3. The van der Waals surface area contributed by atoms with Crippen LogP contribution in [0.2, 0.25) is 5.02 Å². The van der Waals surface area contributed by atoms with E-state index >= 15 is 4.39 Å².